The van der Waals surface area contributed by atoms with Crippen molar-refractivity contribution >= 4 is 17.5 Å². The first-order chi connectivity index (χ1) is 12.5. The zero-order valence-corrected chi connectivity index (χ0v) is 16.5. The molecule has 7 nitrogen and oxygen atoms in total. The molecule has 1 N–H and O–H groups in total. The van der Waals surface area contributed by atoms with Gasteiger partial charge in [-0.25, -0.2) is 0 Å². The number of aromatic nitrogens is 2. The minimum atomic E-state index is -0.0820. The number of piperidine rings is 1. The van der Waals surface area contributed by atoms with Gasteiger partial charge < -0.3 is 14.9 Å². The largest absolute Gasteiger partial charge is 0.396 e. The van der Waals surface area contributed by atoms with Crippen LogP contribution in [0.15, 0.2) is 6.20 Å². The molecule has 2 atom stereocenters. The molecule has 0 aliphatic carbocycles. The Kier molecular flexibility index (Phi) is 6.55. The van der Waals surface area contributed by atoms with E-state index in [0.717, 1.165) is 52.0 Å². The van der Waals surface area contributed by atoms with Crippen LogP contribution in [0.5, 0.6) is 0 Å². The quantitative estimate of drug-likeness (QED) is 0.819. The third kappa shape index (κ3) is 4.39. The fraction of sp³-hybridized carbons (Fsp3) is 0.778. The number of halogens is 1. The van der Waals surface area contributed by atoms with E-state index in [0.29, 0.717) is 29.2 Å². The van der Waals surface area contributed by atoms with Gasteiger partial charge in [-0.05, 0) is 32.2 Å². The van der Waals surface area contributed by atoms with Crippen LogP contribution in [0.3, 0.4) is 0 Å². The van der Waals surface area contributed by atoms with Crippen LogP contribution >= 0.6 is 11.6 Å². The molecule has 8 heteroatoms. The second kappa shape index (κ2) is 8.69. The number of nitrogens with zero attached hydrogens (tertiary/aromatic N) is 5. The lowest BCUT2D eigenvalue weighted by Crippen LogP contribution is -2.57. The van der Waals surface area contributed by atoms with Crippen LogP contribution in [0.1, 0.15) is 29.8 Å². The third-order valence-corrected chi connectivity index (χ3v) is 5.98. The van der Waals surface area contributed by atoms with E-state index in [9.17, 15) is 9.90 Å². The molecule has 0 saturated carbocycles. The minimum absolute atomic E-state index is 0.0820. The number of carbonyl (C=O) groups is 1. The summed E-state index contributed by atoms with van der Waals surface area (Å²) in [6.45, 7) is 5.99. The predicted octanol–water partition coefficient (Wildman–Crippen LogP) is 0.924. The SMILES string of the molecule is CN1CCN([C@H]2CCN(C(=O)c3nn(C)cc3Cl)C[C@H]2CCCO)CC1. The maximum absolute atomic E-state index is 12.9. The van der Waals surface area contributed by atoms with Crippen molar-refractivity contribution in [1.82, 2.24) is 24.5 Å². The first kappa shape index (κ1) is 19.6. The number of hydrogen-bond donors (Lipinski definition) is 1. The zero-order valence-electron chi connectivity index (χ0n) is 15.8. The highest BCUT2D eigenvalue weighted by Gasteiger charge is 2.36. The van der Waals surface area contributed by atoms with Crippen LogP contribution in [0.4, 0.5) is 0 Å². The fourth-order valence-electron chi connectivity index (χ4n) is 4.23. The van der Waals surface area contributed by atoms with Gasteiger partial charge in [-0.1, -0.05) is 11.6 Å². The van der Waals surface area contributed by atoms with Crippen LogP contribution in [-0.4, -0.2) is 94.5 Å². The molecule has 2 aliphatic heterocycles. The molecule has 1 aromatic rings. The molecule has 1 amide bonds. The van der Waals surface area contributed by atoms with Crippen molar-refractivity contribution in [2.75, 3.05) is 52.9 Å². The molecule has 0 aromatic carbocycles. The van der Waals surface area contributed by atoms with Gasteiger partial charge in [-0.3, -0.25) is 14.4 Å². The van der Waals surface area contributed by atoms with E-state index < -0.39 is 0 Å². The molecule has 0 spiro atoms. The van der Waals surface area contributed by atoms with Gasteiger partial charge in [0.15, 0.2) is 5.69 Å². The summed E-state index contributed by atoms with van der Waals surface area (Å²) in [6.07, 6.45) is 4.35. The Morgan fingerprint density at radius 3 is 2.62 bits per heavy atom. The fourth-order valence-corrected chi connectivity index (χ4v) is 4.49. The van der Waals surface area contributed by atoms with Gasteiger partial charge in [-0.2, -0.15) is 5.10 Å². The van der Waals surface area contributed by atoms with E-state index in [4.69, 9.17) is 11.6 Å². The molecule has 26 heavy (non-hydrogen) atoms. The van der Waals surface area contributed by atoms with Crippen molar-refractivity contribution in [3.8, 4) is 0 Å². The molecule has 3 heterocycles. The third-order valence-electron chi connectivity index (χ3n) is 5.71. The topological polar surface area (TPSA) is 64.8 Å². The number of likely N-dealkylation sites (tertiary alicyclic amines) is 1. The lowest BCUT2D eigenvalue weighted by molar-refractivity contribution is 0.0215. The summed E-state index contributed by atoms with van der Waals surface area (Å²) in [4.78, 5) is 19.7. The number of aliphatic hydroxyl groups excluding tert-OH is 1. The van der Waals surface area contributed by atoms with Crippen molar-refractivity contribution in [2.24, 2.45) is 13.0 Å². The average Bonchev–Trinajstić information content (AvgIpc) is 2.98. The lowest BCUT2D eigenvalue weighted by Gasteiger charge is -2.46. The van der Waals surface area contributed by atoms with E-state index in [-0.39, 0.29) is 12.5 Å². The van der Waals surface area contributed by atoms with E-state index in [1.807, 2.05) is 4.90 Å². The second-order valence-corrected chi connectivity index (χ2v) is 7.98. The molecule has 0 radical (unpaired) electrons. The maximum Gasteiger partial charge on any atom is 0.275 e. The monoisotopic (exact) mass is 383 g/mol. The maximum atomic E-state index is 12.9. The van der Waals surface area contributed by atoms with Gasteiger partial charge in [0, 0.05) is 65.2 Å². The van der Waals surface area contributed by atoms with E-state index in [1.54, 1.807) is 17.9 Å². The number of aryl methyl sites for hydroxylation is 1. The summed E-state index contributed by atoms with van der Waals surface area (Å²) in [5.41, 5.74) is 0.341. The number of aliphatic hydroxyl groups is 1. The summed E-state index contributed by atoms with van der Waals surface area (Å²) in [6, 6.07) is 0.485. The highest BCUT2D eigenvalue weighted by Crippen LogP contribution is 2.28. The molecule has 3 rings (SSSR count). The molecule has 1 aromatic heterocycles. The number of carbonyl (C=O) groups excluding carboxylic acids is 1. The Hall–Kier alpha value is -1.15. The smallest absolute Gasteiger partial charge is 0.275 e. The highest BCUT2D eigenvalue weighted by molar-refractivity contribution is 6.33. The Morgan fingerprint density at radius 2 is 2.00 bits per heavy atom. The van der Waals surface area contributed by atoms with Crippen molar-refractivity contribution in [3.63, 3.8) is 0 Å². The van der Waals surface area contributed by atoms with Crippen LogP contribution in [0.2, 0.25) is 5.02 Å². The lowest BCUT2D eigenvalue weighted by atomic mass is 9.86. The van der Waals surface area contributed by atoms with Crippen LogP contribution < -0.4 is 0 Å². The van der Waals surface area contributed by atoms with Gasteiger partial charge in [0.2, 0.25) is 0 Å². The number of piperazine rings is 1. The van der Waals surface area contributed by atoms with Gasteiger partial charge >= 0.3 is 0 Å². The summed E-state index contributed by atoms with van der Waals surface area (Å²) in [5.74, 6) is 0.298. The molecule has 2 fully saturated rings. The second-order valence-electron chi connectivity index (χ2n) is 7.57. The van der Waals surface area contributed by atoms with E-state index in [1.165, 1.54) is 0 Å². The van der Waals surface area contributed by atoms with Crippen molar-refractivity contribution < 1.29 is 9.90 Å². The Morgan fingerprint density at radius 1 is 1.27 bits per heavy atom. The van der Waals surface area contributed by atoms with Gasteiger partial charge in [0.05, 0.1) is 5.02 Å². The Bertz CT molecular complexity index is 615. The Labute approximate surface area is 160 Å². The van der Waals surface area contributed by atoms with Gasteiger partial charge in [0.1, 0.15) is 0 Å². The number of amides is 1. The molecular weight excluding hydrogens is 354 g/mol. The normalized spacial score (nSPS) is 25.6. The molecule has 2 saturated heterocycles. The van der Waals surface area contributed by atoms with Gasteiger partial charge in [-0.15, -0.1) is 0 Å². The van der Waals surface area contributed by atoms with Crippen LogP contribution in [0.25, 0.3) is 0 Å². The summed E-state index contributed by atoms with van der Waals surface area (Å²) in [5, 5.41) is 13.9. The molecule has 146 valence electrons. The molecule has 0 bridgehead atoms. The number of hydrogen-bond acceptors (Lipinski definition) is 5. The molecule has 2 aliphatic rings. The van der Waals surface area contributed by atoms with E-state index in [2.05, 4.69) is 21.9 Å². The van der Waals surface area contributed by atoms with Crippen molar-refractivity contribution in [2.45, 2.75) is 25.3 Å². The summed E-state index contributed by atoms with van der Waals surface area (Å²) in [7, 11) is 3.94. The summed E-state index contributed by atoms with van der Waals surface area (Å²) < 4.78 is 1.58. The summed E-state index contributed by atoms with van der Waals surface area (Å²) >= 11 is 6.17. The zero-order chi connectivity index (χ0) is 18.7. The van der Waals surface area contributed by atoms with Crippen molar-refractivity contribution in [3.05, 3.63) is 16.9 Å². The first-order valence-electron chi connectivity index (χ1n) is 9.51. The predicted molar refractivity (Wildman–Crippen MR) is 101 cm³/mol. The standard InChI is InChI=1S/C18H30ClN5O2/c1-21-7-9-23(10-8-21)16-5-6-24(12-14(16)4-3-11-25)18(26)17-15(19)13-22(2)20-17/h13-14,16,25H,3-12H2,1-2H3/t14-,16+/m1/s1. The van der Waals surface area contributed by atoms with Gasteiger partial charge in [0.25, 0.3) is 5.91 Å². The van der Waals surface area contributed by atoms with Crippen LogP contribution in [-0.2, 0) is 7.05 Å². The number of likely N-dealkylation sites (N-methyl/N-ethyl adjacent to an activating group) is 1. The molecular formula is C18H30ClN5O2. The van der Waals surface area contributed by atoms with Crippen LogP contribution in [0, 0.1) is 5.92 Å². The average molecular weight is 384 g/mol. The Balaban J connectivity index is 1.69. The van der Waals surface area contributed by atoms with E-state index >= 15 is 0 Å². The molecule has 0 unspecified atom stereocenters. The van der Waals surface area contributed by atoms with Crippen molar-refractivity contribution in [1.29, 1.82) is 0 Å². The minimum Gasteiger partial charge on any atom is -0.396 e. The highest BCUT2D eigenvalue weighted by atomic mass is 35.5. The number of rotatable bonds is 5. The first-order valence-corrected chi connectivity index (χ1v) is 9.89.